The molecule has 2 atom stereocenters. The molecule has 1 unspecified atom stereocenters. The van der Waals surface area contributed by atoms with Crippen LogP contribution in [-0.4, -0.2) is 31.3 Å². The Morgan fingerprint density at radius 2 is 1.73 bits per heavy atom. The van der Waals surface area contributed by atoms with Gasteiger partial charge < -0.3 is 15.4 Å². The zero-order valence-electron chi connectivity index (χ0n) is 15.4. The standard InChI is InChI=1S/C22H28N2O2/c1-2-3-14-23-22(25)26-19-15-20(24-16-19)21(17-10-6-4-7-11-17)18-12-8-5-9-13-18/h4-13,19-21,24H,2-3,14-16H2,1H3,(H,23,25)/t19-,20?/m1/s1. The van der Waals surface area contributed by atoms with Crippen molar-refractivity contribution in [3.05, 3.63) is 71.8 Å². The van der Waals surface area contributed by atoms with Crippen LogP contribution in [0.15, 0.2) is 60.7 Å². The number of carbonyl (C=O) groups is 1. The zero-order valence-corrected chi connectivity index (χ0v) is 15.4. The molecule has 3 rings (SSSR count). The van der Waals surface area contributed by atoms with Crippen LogP contribution in [0.3, 0.4) is 0 Å². The smallest absolute Gasteiger partial charge is 0.407 e. The van der Waals surface area contributed by atoms with Crippen LogP contribution in [0, 0.1) is 0 Å². The Labute approximate surface area is 156 Å². The number of unbranched alkanes of at least 4 members (excludes halogenated alkanes) is 1. The van der Waals surface area contributed by atoms with Gasteiger partial charge in [0, 0.05) is 31.5 Å². The average molecular weight is 352 g/mol. The number of carbonyl (C=O) groups excluding carboxylic acids is 1. The maximum absolute atomic E-state index is 11.9. The Morgan fingerprint density at radius 1 is 1.12 bits per heavy atom. The molecule has 2 aromatic carbocycles. The molecule has 1 saturated heterocycles. The molecule has 1 heterocycles. The number of alkyl carbamates (subject to hydrolysis) is 1. The van der Waals surface area contributed by atoms with E-state index >= 15 is 0 Å². The molecule has 1 fully saturated rings. The van der Waals surface area contributed by atoms with Gasteiger partial charge in [-0.2, -0.15) is 0 Å². The highest BCUT2D eigenvalue weighted by Gasteiger charge is 2.34. The van der Waals surface area contributed by atoms with E-state index in [-0.39, 0.29) is 24.2 Å². The molecule has 1 aliphatic rings. The summed E-state index contributed by atoms with van der Waals surface area (Å²) < 4.78 is 5.60. The van der Waals surface area contributed by atoms with Crippen molar-refractivity contribution in [2.75, 3.05) is 13.1 Å². The summed E-state index contributed by atoms with van der Waals surface area (Å²) in [5.41, 5.74) is 2.56. The van der Waals surface area contributed by atoms with Crippen LogP contribution in [-0.2, 0) is 4.74 Å². The van der Waals surface area contributed by atoms with Crippen molar-refractivity contribution >= 4 is 6.09 Å². The maximum Gasteiger partial charge on any atom is 0.407 e. The summed E-state index contributed by atoms with van der Waals surface area (Å²) in [6.07, 6.45) is 2.46. The maximum atomic E-state index is 11.9. The predicted molar refractivity (Wildman–Crippen MR) is 104 cm³/mol. The lowest BCUT2D eigenvalue weighted by Gasteiger charge is -2.25. The van der Waals surface area contributed by atoms with Crippen molar-refractivity contribution in [2.24, 2.45) is 0 Å². The quantitative estimate of drug-likeness (QED) is 0.739. The van der Waals surface area contributed by atoms with E-state index in [1.54, 1.807) is 0 Å². The molecule has 2 N–H and O–H groups in total. The second-order valence-corrected chi connectivity index (χ2v) is 6.86. The van der Waals surface area contributed by atoms with Crippen molar-refractivity contribution < 1.29 is 9.53 Å². The van der Waals surface area contributed by atoms with Gasteiger partial charge >= 0.3 is 6.09 Å². The third kappa shape index (κ3) is 4.85. The van der Waals surface area contributed by atoms with E-state index in [1.165, 1.54) is 11.1 Å². The summed E-state index contributed by atoms with van der Waals surface area (Å²) in [6.45, 7) is 3.48. The van der Waals surface area contributed by atoms with Gasteiger partial charge in [-0.3, -0.25) is 0 Å². The van der Waals surface area contributed by atoms with E-state index < -0.39 is 0 Å². The molecule has 0 spiro atoms. The molecule has 0 aromatic heterocycles. The Kier molecular flexibility index (Phi) is 6.67. The fourth-order valence-corrected chi connectivity index (χ4v) is 3.61. The first-order chi connectivity index (χ1) is 12.8. The Hall–Kier alpha value is -2.33. The van der Waals surface area contributed by atoms with Crippen molar-refractivity contribution in [1.82, 2.24) is 10.6 Å². The summed E-state index contributed by atoms with van der Waals surface area (Å²) in [5, 5.41) is 6.40. The van der Waals surface area contributed by atoms with E-state index in [0.717, 1.165) is 19.3 Å². The average Bonchev–Trinajstić information content (AvgIpc) is 3.12. The molecule has 4 nitrogen and oxygen atoms in total. The summed E-state index contributed by atoms with van der Waals surface area (Å²) in [5.74, 6) is 0.245. The highest BCUT2D eigenvalue weighted by molar-refractivity contribution is 5.67. The van der Waals surface area contributed by atoms with Crippen molar-refractivity contribution in [2.45, 2.75) is 44.2 Å². The third-order valence-corrected chi connectivity index (χ3v) is 4.92. The summed E-state index contributed by atoms with van der Waals surface area (Å²) in [4.78, 5) is 11.9. The minimum atomic E-state index is -0.304. The molecule has 0 radical (unpaired) electrons. The van der Waals surface area contributed by atoms with Crippen molar-refractivity contribution in [3.63, 3.8) is 0 Å². The fraction of sp³-hybridized carbons (Fsp3) is 0.409. The van der Waals surface area contributed by atoms with Crippen LogP contribution in [0.25, 0.3) is 0 Å². The minimum Gasteiger partial charge on any atom is -0.445 e. The number of hydrogen-bond donors (Lipinski definition) is 2. The number of hydrogen-bond acceptors (Lipinski definition) is 3. The van der Waals surface area contributed by atoms with Gasteiger partial charge in [0.1, 0.15) is 6.10 Å². The van der Waals surface area contributed by atoms with Gasteiger partial charge in [0.05, 0.1) is 0 Å². The Morgan fingerprint density at radius 3 is 2.31 bits per heavy atom. The topological polar surface area (TPSA) is 50.4 Å². The third-order valence-electron chi connectivity index (χ3n) is 4.92. The number of nitrogens with one attached hydrogen (secondary N) is 2. The molecule has 2 aromatic rings. The van der Waals surface area contributed by atoms with Gasteiger partial charge in [-0.05, 0) is 17.5 Å². The monoisotopic (exact) mass is 352 g/mol. The largest absolute Gasteiger partial charge is 0.445 e. The molecule has 1 aliphatic heterocycles. The van der Waals surface area contributed by atoms with E-state index in [2.05, 4.69) is 66.1 Å². The van der Waals surface area contributed by atoms with Gasteiger partial charge in [0.15, 0.2) is 0 Å². The highest BCUT2D eigenvalue weighted by atomic mass is 16.6. The lowest BCUT2D eigenvalue weighted by atomic mass is 9.84. The molecular formula is C22H28N2O2. The first-order valence-corrected chi connectivity index (χ1v) is 9.55. The van der Waals surface area contributed by atoms with Gasteiger partial charge in [0.25, 0.3) is 0 Å². The minimum absolute atomic E-state index is 0.0865. The van der Waals surface area contributed by atoms with Crippen LogP contribution < -0.4 is 10.6 Å². The van der Waals surface area contributed by atoms with Crippen LogP contribution in [0.4, 0.5) is 4.79 Å². The normalized spacial score (nSPS) is 19.5. The van der Waals surface area contributed by atoms with E-state index in [9.17, 15) is 4.79 Å². The fourth-order valence-electron chi connectivity index (χ4n) is 3.61. The predicted octanol–water partition coefficient (Wildman–Crippen LogP) is 4.08. The second-order valence-electron chi connectivity index (χ2n) is 6.86. The molecule has 0 saturated carbocycles. The van der Waals surface area contributed by atoms with Crippen LogP contribution in [0.1, 0.15) is 43.2 Å². The van der Waals surface area contributed by atoms with Crippen LogP contribution in [0.5, 0.6) is 0 Å². The van der Waals surface area contributed by atoms with Gasteiger partial charge in [-0.15, -0.1) is 0 Å². The second kappa shape index (κ2) is 9.39. The number of benzene rings is 2. The summed E-state index contributed by atoms with van der Waals surface area (Å²) in [6, 6.07) is 21.3. The molecule has 26 heavy (non-hydrogen) atoms. The molecule has 0 aliphatic carbocycles. The summed E-state index contributed by atoms with van der Waals surface area (Å²) in [7, 11) is 0. The SMILES string of the molecule is CCCCNC(=O)O[C@H]1CNC(C(c2ccccc2)c2ccccc2)C1. The van der Waals surface area contributed by atoms with E-state index in [4.69, 9.17) is 4.74 Å². The Bertz CT molecular complexity index is 636. The van der Waals surface area contributed by atoms with Crippen LogP contribution in [0.2, 0.25) is 0 Å². The van der Waals surface area contributed by atoms with Crippen molar-refractivity contribution in [1.29, 1.82) is 0 Å². The molecular weight excluding hydrogens is 324 g/mol. The summed E-state index contributed by atoms with van der Waals surface area (Å²) >= 11 is 0. The first kappa shape index (κ1) is 18.5. The van der Waals surface area contributed by atoms with Crippen LogP contribution >= 0.6 is 0 Å². The van der Waals surface area contributed by atoms with Gasteiger partial charge in [-0.1, -0.05) is 74.0 Å². The molecule has 1 amide bonds. The lowest BCUT2D eigenvalue weighted by molar-refractivity contribution is 0.106. The zero-order chi connectivity index (χ0) is 18.2. The number of rotatable bonds is 7. The molecule has 138 valence electrons. The van der Waals surface area contributed by atoms with E-state index in [1.807, 2.05) is 12.1 Å². The molecule has 4 heteroatoms. The number of amides is 1. The van der Waals surface area contributed by atoms with Crippen molar-refractivity contribution in [3.8, 4) is 0 Å². The number of ether oxygens (including phenoxy) is 1. The lowest BCUT2D eigenvalue weighted by Crippen LogP contribution is -2.30. The first-order valence-electron chi connectivity index (χ1n) is 9.55. The highest BCUT2D eigenvalue weighted by Crippen LogP contribution is 2.32. The van der Waals surface area contributed by atoms with Gasteiger partial charge in [0.2, 0.25) is 0 Å². The van der Waals surface area contributed by atoms with Gasteiger partial charge in [-0.25, -0.2) is 4.79 Å². The Balaban J connectivity index is 1.66. The van der Waals surface area contributed by atoms with E-state index in [0.29, 0.717) is 13.1 Å². The molecule has 0 bridgehead atoms.